The van der Waals surface area contributed by atoms with Crippen LogP contribution in [0.1, 0.15) is 0 Å². The summed E-state index contributed by atoms with van der Waals surface area (Å²) in [7, 11) is -0.288. The lowest BCUT2D eigenvalue weighted by molar-refractivity contribution is 0.388. The second-order valence-electron chi connectivity index (χ2n) is 6.24. The monoisotopic (exact) mass is 407 g/mol. The highest BCUT2D eigenvalue weighted by molar-refractivity contribution is 7.97. The molecule has 0 saturated carbocycles. The molecule has 5 heteroatoms. The summed E-state index contributed by atoms with van der Waals surface area (Å²) < 4.78 is 32.6. The Morgan fingerprint density at radius 2 is 1.03 bits per heavy atom. The number of hydrogen-bond donors (Lipinski definition) is 1. The minimum Gasteiger partial charge on any atom is -0.503 e. The van der Waals surface area contributed by atoms with Gasteiger partial charge in [0.25, 0.3) is 0 Å². The van der Waals surface area contributed by atoms with Crippen molar-refractivity contribution in [3.63, 3.8) is 0 Å². The molecule has 0 radical (unpaired) electrons. The van der Waals surface area contributed by atoms with E-state index in [0.29, 0.717) is 5.75 Å². The van der Waals surface area contributed by atoms with Crippen molar-refractivity contribution in [1.82, 2.24) is 0 Å². The van der Waals surface area contributed by atoms with Crippen molar-refractivity contribution in [2.45, 2.75) is 14.7 Å². The molecule has 1 N–H and O–H groups in total. The molecule has 0 atom stereocenters. The summed E-state index contributed by atoms with van der Waals surface area (Å²) in [6.45, 7) is 0. The minimum atomic E-state index is -1.06. The molecule has 0 aliphatic rings. The summed E-state index contributed by atoms with van der Waals surface area (Å²) in [5.41, 5.74) is 0. The molecule has 0 fully saturated rings. The van der Waals surface area contributed by atoms with Crippen LogP contribution in [0.5, 0.6) is 17.2 Å². The molecule has 0 aliphatic heterocycles. The van der Waals surface area contributed by atoms with Gasteiger partial charge < -0.3 is 9.84 Å². The van der Waals surface area contributed by atoms with Gasteiger partial charge in [-0.1, -0.05) is 36.4 Å². The second-order valence-corrected chi connectivity index (χ2v) is 8.27. The third-order valence-corrected chi connectivity index (χ3v) is 6.47. The summed E-state index contributed by atoms with van der Waals surface area (Å²) in [4.78, 5) is 3.47. The first-order chi connectivity index (χ1) is 14.1. The summed E-state index contributed by atoms with van der Waals surface area (Å²) in [5.74, 6) is -2.71. The van der Waals surface area contributed by atoms with Gasteiger partial charge in [-0.3, -0.25) is 0 Å². The van der Waals surface area contributed by atoms with E-state index >= 15 is 0 Å². The lowest BCUT2D eigenvalue weighted by Gasteiger charge is -2.10. The molecule has 0 spiro atoms. The minimum absolute atomic E-state index is 0.0179. The zero-order valence-corrected chi connectivity index (χ0v) is 16.1. The number of rotatable bonds is 5. The van der Waals surface area contributed by atoms with Crippen LogP contribution in [0, 0.1) is 11.6 Å². The third kappa shape index (κ3) is 4.25. The van der Waals surface area contributed by atoms with Crippen molar-refractivity contribution in [2.75, 3.05) is 0 Å². The first kappa shape index (κ1) is 19.0. The van der Waals surface area contributed by atoms with E-state index in [1.165, 1.54) is 9.79 Å². The van der Waals surface area contributed by atoms with Crippen LogP contribution < -0.4 is 4.74 Å². The van der Waals surface area contributed by atoms with Gasteiger partial charge >= 0.3 is 0 Å². The van der Waals surface area contributed by atoms with Gasteiger partial charge in [-0.2, -0.15) is 0 Å². The number of aromatic hydroxyl groups is 1. The van der Waals surface area contributed by atoms with Gasteiger partial charge in [0.15, 0.2) is 32.1 Å². The molecule has 2 nitrogen and oxygen atoms in total. The highest BCUT2D eigenvalue weighted by atomic mass is 32.2. The van der Waals surface area contributed by atoms with E-state index in [4.69, 9.17) is 4.74 Å². The maximum Gasteiger partial charge on any atom is 0.188 e. The SMILES string of the molecule is Oc1c(F)cc(Oc2ccc([S+](c3ccccc3)c3ccccc3)cc2)cc1F. The van der Waals surface area contributed by atoms with Gasteiger partial charge in [-0.05, 0) is 48.5 Å². The van der Waals surface area contributed by atoms with Crippen LogP contribution in [0.4, 0.5) is 8.78 Å². The topological polar surface area (TPSA) is 29.5 Å². The van der Waals surface area contributed by atoms with E-state index in [1.807, 2.05) is 48.5 Å². The van der Waals surface area contributed by atoms with Gasteiger partial charge in [-0.15, -0.1) is 0 Å². The second kappa shape index (κ2) is 8.37. The van der Waals surface area contributed by atoms with Crippen molar-refractivity contribution in [3.8, 4) is 17.2 Å². The molecule has 0 bridgehead atoms. The molecule has 0 aliphatic carbocycles. The largest absolute Gasteiger partial charge is 0.503 e. The van der Waals surface area contributed by atoms with Crippen molar-refractivity contribution in [2.24, 2.45) is 0 Å². The lowest BCUT2D eigenvalue weighted by atomic mass is 10.3. The predicted octanol–water partition coefficient (Wildman–Crippen LogP) is 6.56. The van der Waals surface area contributed by atoms with Gasteiger partial charge in [0.2, 0.25) is 0 Å². The van der Waals surface area contributed by atoms with E-state index in [9.17, 15) is 13.9 Å². The lowest BCUT2D eigenvalue weighted by Crippen LogP contribution is -2.04. The molecule has 29 heavy (non-hydrogen) atoms. The Morgan fingerprint density at radius 3 is 1.52 bits per heavy atom. The number of phenols is 1. The number of benzene rings is 4. The Labute approximate surface area is 170 Å². The van der Waals surface area contributed by atoms with E-state index in [1.54, 1.807) is 12.1 Å². The molecule has 0 saturated heterocycles. The Balaban J connectivity index is 1.64. The summed E-state index contributed by atoms with van der Waals surface area (Å²) in [5, 5.41) is 9.21. The Kier molecular flexibility index (Phi) is 5.49. The zero-order chi connectivity index (χ0) is 20.2. The molecule has 144 valence electrons. The van der Waals surface area contributed by atoms with Crippen molar-refractivity contribution >= 4 is 10.9 Å². The molecular weight excluding hydrogens is 390 g/mol. The standard InChI is InChI=1S/C24H16F2O2S/c25-22-15-18(16-23(26)24(22)27)28-17-11-13-21(14-12-17)29(19-7-3-1-4-8-19)20-9-5-2-6-10-20/h1-16H/p+1. The number of halogens is 2. The molecule has 4 rings (SSSR count). The highest BCUT2D eigenvalue weighted by Crippen LogP contribution is 2.33. The molecule has 0 unspecified atom stereocenters. The van der Waals surface area contributed by atoms with Crippen LogP contribution in [0.25, 0.3) is 0 Å². The van der Waals surface area contributed by atoms with Gasteiger partial charge in [-0.25, -0.2) is 8.78 Å². The van der Waals surface area contributed by atoms with E-state index in [-0.39, 0.29) is 16.6 Å². The number of ether oxygens (including phenoxy) is 1. The van der Waals surface area contributed by atoms with Gasteiger partial charge in [0.05, 0.1) is 10.9 Å². The molecule has 0 aromatic heterocycles. The van der Waals surface area contributed by atoms with Crippen LogP contribution in [-0.2, 0) is 10.9 Å². The molecule has 0 amide bonds. The average Bonchev–Trinajstić information content (AvgIpc) is 2.75. The number of phenolic OH excluding ortho intramolecular Hbond substituents is 1. The third-order valence-electron chi connectivity index (χ3n) is 4.24. The van der Waals surface area contributed by atoms with E-state index < -0.39 is 17.4 Å². The van der Waals surface area contributed by atoms with Crippen LogP contribution in [0.3, 0.4) is 0 Å². The smallest absolute Gasteiger partial charge is 0.188 e. The summed E-state index contributed by atoms with van der Waals surface area (Å²) in [6, 6.07) is 29.8. The zero-order valence-electron chi connectivity index (χ0n) is 15.3. The van der Waals surface area contributed by atoms with Crippen LogP contribution in [0.2, 0.25) is 0 Å². The van der Waals surface area contributed by atoms with Crippen molar-refractivity contribution in [1.29, 1.82) is 0 Å². The van der Waals surface area contributed by atoms with Gasteiger partial charge in [0.1, 0.15) is 11.5 Å². The van der Waals surface area contributed by atoms with Crippen molar-refractivity contribution < 1.29 is 18.6 Å². The summed E-state index contributed by atoms with van der Waals surface area (Å²) in [6.07, 6.45) is 0. The average molecular weight is 407 g/mol. The Hall–Kier alpha value is -3.31. The summed E-state index contributed by atoms with van der Waals surface area (Å²) >= 11 is 0. The fourth-order valence-corrected chi connectivity index (χ4v) is 4.99. The first-order valence-corrected chi connectivity index (χ1v) is 10.1. The van der Waals surface area contributed by atoms with Gasteiger partial charge in [0, 0.05) is 12.1 Å². The maximum absolute atomic E-state index is 13.5. The fraction of sp³-hybridized carbons (Fsp3) is 0. The van der Waals surface area contributed by atoms with E-state index in [2.05, 4.69) is 24.3 Å². The maximum atomic E-state index is 13.5. The fourth-order valence-electron chi connectivity index (χ4n) is 2.90. The quantitative estimate of drug-likeness (QED) is 0.380. The van der Waals surface area contributed by atoms with Crippen LogP contribution in [-0.4, -0.2) is 5.11 Å². The number of hydrogen-bond acceptors (Lipinski definition) is 2. The molecule has 4 aromatic carbocycles. The predicted molar refractivity (Wildman–Crippen MR) is 110 cm³/mol. The van der Waals surface area contributed by atoms with E-state index in [0.717, 1.165) is 17.0 Å². The Bertz CT molecular complexity index is 1040. The van der Waals surface area contributed by atoms with Crippen LogP contribution >= 0.6 is 0 Å². The Morgan fingerprint density at radius 1 is 0.586 bits per heavy atom. The molecule has 4 aromatic rings. The highest BCUT2D eigenvalue weighted by Gasteiger charge is 2.28. The normalized spacial score (nSPS) is 10.9. The van der Waals surface area contributed by atoms with Crippen molar-refractivity contribution in [3.05, 3.63) is 109 Å². The molecular formula is C24H17F2O2S+. The first-order valence-electron chi connectivity index (χ1n) is 8.92. The van der Waals surface area contributed by atoms with Crippen LogP contribution in [0.15, 0.2) is 112 Å². The molecule has 0 heterocycles.